The summed E-state index contributed by atoms with van der Waals surface area (Å²) in [6, 6.07) is 10.2. The van der Waals surface area contributed by atoms with Crippen molar-refractivity contribution in [1.82, 2.24) is 10.4 Å². The molecule has 0 spiro atoms. The maximum atomic E-state index is 6.12. The summed E-state index contributed by atoms with van der Waals surface area (Å²) >= 11 is 6.12. The third-order valence-electron chi connectivity index (χ3n) is 3.05. The van der Waals surface area contributed by atoms with E-state index in [1.54, 1.807) is 12.4 Å². The number of aryl methyl sites for hydroxylation is 1. The normalized spacial score (nSPS) is 12.4. The topological polar surface area (TPSA) is 50.9 Å². The van der Waals surface area contributed by atoms with Crippen molar-refractivity contribution in [2.45, 2.75) is 19.4 Å². The fourth-order valence-electron chi connectivity index (χ4n) is 2.03. The van der Waals surface area contributed by atoms with Gasteiger partial charge in [-0.1, -0.05) is 35.9 Å². The van der Waals surface area contributed by atoms with E-state index in [4.69, 9.17) is 17.4 Å². The first-order chi connectivity index (χ1) is 8.72. The summed E-state index contributed by atoms with van der Waals surface area (Å²) in [5.41, 5.74) is 6.30. The highest BCUT2D eigenvalue weighted by Gasteiger charge is 2.14. The van der Waals surface area contributed by atoms with Crippen molar-refractivity contribution in [2.75, 3.05) is 0 Å². The summed E-state index contributed by atoms with van der Waals surface area (Å²) in [5, 5.41) is 0.673. The summed E-state index contributed by atoms with van der Waals surface area (Å²) in [7, 11) is 0. The van der Waals surface area contributed by atoms with Crippen LogP contribution in [0.15, 0.2) is 42.7 Å². The molecule has 1 atom stereocenters. The molecule has 1 aromatic carbocycles. The Morgan fingerprint density at radius 2 is 2.11 bits per heavy atom. The van der Waals surface area contributed by atoms with Crippen LogP contribution >= 0.6 is 11.6 Å². The second-order valence-electron chi connectivity index (χ2n) is 4.25. The van der Waals surface area contributed by atoms with Crippen molar-refractivity contribution in [2.24, 2.45) is 5.84 Å². The molecule has 0 bridgehead atoms. The van der Waals surface area contributed by atoms with Crippen LogP contribution in [0, 0.1) is 6.92 Å². The standard InChI is InChI=1S/C14H16ClN3/c1-10-4-2-3-5-12(10)14(18-16)8-11-6-7-17-9-13(11)15/h2-7,9,14,18H,8,16H2,1H3. The molecule has 2 rings (SSSR count). The molecule has 0 saturated carbocycles. The van der Waals surface area contributed by atoms with Gasteiger partial charge in [-0.05, 0) is 36.1 Å². The number of rotatable bonds is 4. The Hall–Kier alpha value is -1.42. The first kappa shape index (κ1) is 13.0. The number of halogens is 1. The molecule has 1 unspecified atom stereocenters. The molecule has 18 heavy (non-hydrogen) atoms. The predicted molar refractivity (Wildman–Crippen MR) is 74.2 cm³/mol. The number of hydrogen-bond acceptors (Lipinski definition) is 3. The van der Waals surface area contributed by atoms with Crippen LogP contribution in [-0.4, -0.2) is 4.98 Å². The van der Waals surface area contributed by atoms with Crippen LogP contribution in [0.4, 0.5) is 0 Å². The summed E-state index contributed by atoms with van der Waals surface area (Å²) < 4.78 is 0. The van der Waals surface area contributed by atoms with E-state index in [1.165, 1.54) is 11.1 Å². The Kier molecular flexibility index (Phi) is 4.31. The van der Waals surface area contributed by atoms with Crippen LogP contribution in [0.5, 0.6) is 0 Å². The minimum Gasteiger partial charge on any atom is -0.271 e. The molecule has 0 aliphatic carbocycles. The van der Waals surface area contributed by atoms with Gasteiger partial charge in [0.1, 0.15) is 0 Å². The second-order valence-corrected chi connectivity index (χ2v) is 4.65. The van der Waals surface area contributed by atoms with Gasteiger partial charge in [-0.2, -0.15) is 0 Å². The third kappa shape index (κ3) is 2.88. The fraction of sp³-hybridized carbons (Fsp3) is 0.214. The number of nitrogens with zero attached hydrogens (tertiary/aromatic N) is 1. The van der Waals surface area contributed by atoms with Gasteiger partial charge in [0, 0.05) is 12.4 Å². The van der Waals surface area contributed by atoms with Crippen molar-refractivity contribution in [3.63, 3.8) is 0 Å². The van der Waals surface area contributed by atoms with Gasteiger partial charge in [0.25, 0.3) is 0 Å². The predicted octanol–water partition coefficient (Wildman–Crippen LogP) is 2.79. The van der Waals surface area contributed by atoms with Gasteiger partial charge in [0.05, 0.1) is 11.1 Å². The van der Waals surface area contributed by atoms with Crippen molar-refractivity contribution < 1.29 is 0 Å². The highest BCUT2D eigenvalue weighted by atomic mass is 35.5. The average molecular weight is 262 g/mol. The van der Waals surface area contributed by atoms with Crippen LogP contribution < -0.4 is 11.3 Å². The van der Waals surface area contributed by atoms with Crippen LogP contribution in [-0.2, 0) is 6.42 Å². The highest BCUT2D eigenvalue weighted by molar-refractivity contribution is 6.31. The number of nitrogens with one attached hydrogen (secondary N) is 1. The van der Waals surface area contributed by atoms with Crippen molar-refractivity contribution >= 4 is 11.6 Å². The van der Waals surface area contributed by atoms with Gasteiger partial charge < -0.3 is 0 Å². The maximum absolute atomic E-state index is 6.12. The Balaban J connectivity index is 2.26. The monoisotopic (exact) mass is 261 g/mol. The van der Waals surface area contributed by atoms with Crippen LogP contribution in [0.1, 0.15) is 22.7 Å². The van der Waals surface area contributed by atoms with E-state index in [1.807, 2.05) is 18.2 Å². The quantitative estimate of drug-likeness (QED) is 0.657. The van der Waals surface area contributed by atoms with E-state index >= 15 is 0 Å². The zero-order valence-corrected chi connectivity index (χ0v) is 11.0. The molecule has 0 aliphatic rings. The Morgan fingerprint density at radius 3 is 2.78 bits per heavy atom. The largest absolute Gasteiger partial charge is 0.271 e. The summed E-state index contributed by atoms with van der Waals surface area (Å²) in [6.45, 7) is 2.08. The van der Waals surface area contributed by atoms with Gasteiger partial charge >= 0.3 is 0 Å². The molecule has 0 fully saturated rings. The SMILES string of the molecule is Cc1ccccc1C(Cc1ccncc1Cl)NN. The minimum atomic E-state index is 0.0473. The lowest BCUT2D eigenvalue weighted by Crippen LogP contribution is -2.30. The van der Waals surface area contributed by atoms with E-state index in [0.717, 1.165) is 12.0 Å². The Bertz CT molecular complexity index is 528. The highest BCUT2D eigenvalue weighted by Crippen LogP contribution is 2.24. The molecule has 0 radical (unpaired) electrons. The van der Waals surface area contributed by atoms with Crippen LogP contribution in [0.3, 0.4) is 0 Å². The molecule has 0 saturated heterocycles. The van der Waals surface area contributed by atoms with Crippen molar-refractivity contribution in [1.29, 1.82) is 0 Å². The maximum Gasteiger partial charge on any atom is 0.0622 e. The van der Waals surface area contributed by atoms with E-state index in [2.05, 4.69) is 29.5 Å². The molecule has 3 N–H and O–H groups in total. The lowest BCUT2D eigenvalue weighted by molar-refractivity contribution is 0.549. The number of nitrogens with two attached hydrogens (primary N) is 1. The summed E-state index contributed by atoms with van der Waals surface area (Å²) in [6.07, 6.45) is 4.14. The zero-order chi connectivity index (χ0) is 13.0. The van der Waals surface area contributed by atoms with Crippen LogP contribution in [0.25, 0.3) is 0 Å². The summed E-state index contributed by atoms with van der Waals surface area (Å²) in [5.74, 6) is 5.66. The van der Waals surface area contributed by atoms with Gasteiger partial charge in [0.15, 0.2) is 0 Å². The Labute approximate surface area is 112 Å². The molecule has 2 aromatic rings. The van der Waals surface area contributed by atoms with E-state index in [9.17, 15) is 0 Å². The molecule has 4 heteroatoms. The second kappa shape index (κ2) is 5.96. The molecular formula is C14H16ClN3. The first-order valence-electron chi connectivity index (χ1n) is 5.82. The van der Waals surface area contributed by atoms with Gasteiger partial charge in [-0.3, -0.25) is 16.3 Å². The number of aromatic nitrogens is 1. The fourth-order valence-corrected chi connectivity index (χ4v) is 2.22. The van der Waals surface area contributed by atoms with Gasteiger partial charge in [0.2, 0.25) is 0 Å². The van der Waals surface area contributed by atoms with Crippen molar-refractivity contribution in [3.05, 3.63) is 64.4 Å². The van der Waals surface area contributed by atoms with E-state index in [-0.39, 0.29) is 6.04 Å². The average Bonchev–Trinajstić information content (AvgIpc) is 2.39. The first-order valence-corrected chi connectivity index (χ1v) is 6.20. The number of pyridine rings is 1. The van der Waals surface area contributed by atoms with Crippen LogP contribution in [0.2, 0.25) is 5.02 Å². The minimum absolute atomic E-state index is 0.0473. The molecule has 0 aliphatic heterocycles. The van der Waals surface area contributed by atoms with E-state index < -0.39 is 0 Å². The van der Waals surface area contributed by atoms with Crippen molar-refractivity contribution in [3.8, 4) is 0 Å². The lowest BCUT2D eigenvalue weighted by atomic mass is 9.96. The van der Waals surface area contributed by atoms with Gasteiger partial charge in [-0.25, -0.2) is 0 Å². The molecule has 3 nitrogen and oxygen atoms in total. The molecule has 94 valence electrons. The lowest BCUT2D eigenvalue weighted by Gasteiger charge is -2.19. The number of hydrogen-bond donors (Lipinski definition) is 2. The van der Waals surface area contributed by atoms with Gasteiger partial charge in [-0.15, -0.1) is 0 Å². The molecule has 0 amide bonds. The molecule has 1 heterocycles. The third-order valence-corrected chi connectivity index (χ3v) is 3.39. The summed E-state index contributed by atoms with van der Waals surface area (Å²) in [4.78, 5) is 3.98. The molecular weight excluding hydrogens is 246 g/mol. The number of benzene rings is 1. The number of hydrazine groups is 1. The molecule has 1 aromatic heterocycles. The smallest absolute Gasteiger partial charge is 0.0622 e. The zero-order valence-electron chi connectivity index (χ0n) is 10.2. The Morgan fingerprint density at radius 1 is 1.33 bits per heavy atom. The van der Waals surface area contributed by atoms with E-state index in [0.29, 0.717) is 5.02 Å².